The number of ether oxygens (including phenoxy) is 1. The van der Waals surface area contributed by atoms with Crippen LogP contribution in [0.3, 0.4) is 0 Å². The van der Waals surface area contributed by atoms with Gasteiger partial charge in [-0.1, -0.05) is 30.3 Å². The number of hydrogen-bond acceptors (Lipinski definition) is 5. The van der Waals surface area contributed by atoms with Crippen molar-refractivity contribution in [1.29, 1.82) is 0 Å². The van der Waals surface area contributed by atoms with Crippen LogP contribution in [0, 0.1) is 5.92 Å². The van der Waals surface area contributed by atoms with E-state index in [0.29, 0.717) is 24.1 Å². The van der Waals surface area contributed by atoms with E-state index in [1.165, 1.54) is 0 Å². The van der Waals surface area contributed by atoms with Gasteiger partial charge < -0.3 is 15.0 Å². The summed E-state index contributed by atoms with van der Waals surface area (Å²) in [4.78, 5) is 50.6. The smallest absolute Gasteiger partial charge is 0.311 e. The predicted octanol–water partition coefficient (Wildman–Crippen LogP) is 2.91. The molecule has 2 aliphatic heterocycles. The lowest BCUT2D eigenvalue weighted by Crippen LogP contribution is -2.30. The van der Waals surface area contributed by atoms with Gasteiger partial charge in [-0.05, 0) is 42.7 Å². The summed E-state index contributed by atoms with van der Waals surface area (Å²) in [5, 5.41) is 2.77. The van der Waals surface area contributed by atoms with Crippen molar-refractivity contribution in [2.45, 2.75) is 32.2 Å². The molecule has 160 valence electrons. The number of nitrogens with one attached hydrogen (secondary N) is 1. The molecule has 1 fully saturated rings. The van der Waals surface area contributed by atoms with Crippen LogP contribution in [0.1, 0.15) is 47.3 Å². The maximum atomic E-state index is 12.5. The van der Waals surface area contributed by atoms with Crippen LogP contribution in [0.25, 0.3) is 0 Å². The van der Waals surface area contributed by atoms with E-state index < -0.39 is 11.9 Å². The molecule has 0 radical (unpaired) electrons. The highest BCUT2D eigenvalue weighted by atomic mass is 16.5. The number of fused-ring (bicyclic) bond motifs is 1. The SMILES string of the molecule is C[C@@H](c1ccccc1)N1C[C@@H](C(=O)OCC(=O)c2ccc3c(c2)CCC(=O)N3)CC1=O. The minimum absolute atomic E-state index is 0.0396. The van der Waals surface area contributed by atoms with Crippen LogP contribution in [0.2, 0.25) is 0 Å². The van der Waals surface area contributed by atoms with E-state index in [0.717, 1.165) is 11.1 Å². The van der Waals surface area contributed by atoms with E-state index in [2.05, 4.69) is 5.32 Å². The van der Waals surface area contributed by atoms with Gasteiger partial charge in [-0.25, -0.2) is 0 Å². The zero-order chi connectivity index (χ0) is 22.0. The fourth-order valence-electron chi connectivity index (χ4n) is 4.07. The van der Waals surface area contributed by atoms with Crippen molar-refractivity contribution in [3.05, 3.63) is 65.2 Å². The van der Waals surface area contributed by atoms with Gasteiger partial charge in [0.05, 0.1) is 12.0 Å². The van der Waals surface area contributed by atoms with E-state index in [9.17, 15) is 19.2 Å². The Morgan fingerprint density at radius 2 is 1.90 bits per heavy atom. The number of amides is 2. The number of hydrogen-bond donors (Lipinski definition) is 1. The summed E-state index contributed by atoms with van der Waals surface area (Å²) in [5.74, 6) is -1.56. The molecule has 0 aromatic heterocycles. The topological polar surface area (TPSA) is 92.8 Å². The summed E-state index contributed by atoms with van der Waals surface area (Å²) in [6.07, 6.45) is 1.04. The van der Waals surface area contributed by atoms with Gasteiger partial charge >= 0.3 is 5.97 Å². The standard InChI is InChI=1S/C24H24N2O5/c1-15(16-5-3-2-4-6-16)26-13-19(12-23(26)29)24(30)31-14-21(27)18-7-9-20-17(11-18)8-10-22(28)25-20/h2-7,9,11,15,19H,8,10,12-14H2,1H3,(H,25,28)/t15-,19-/m0/s1. The Labute approximate surface area is 180 Å². The van der Waals surface area contributed by atoms with Crippen molar-refractivity contribution in [3.8, 4) is 0 Å². The van der Waals surface area contributed by atoms with Crippen LogP contribution < -0.4 is 5.32 Å². The summed E-state index contributed by atoms with van der Waals surface area (Å²) in [6, 6.07) is 14.5. The molecule has 2 aromatic rings. The van der Waals surface area contributed by atoms with Crippen molar-refractivity contribution >= 4 is 29.3 Å². The molecule has 7 nitrogen and oxygen atoms in total. The van der Waals surface area contributed by atoms with Gasteiger partial charge in [0.15, 0.2) is 12.4 Å². The van der Waals surface area contributed by atoms with E-state index in [1.807, 2.05) is 37.3 Å². The second kappa shape index (κ2) is 8.71. The lowest BCUT2D eigenvalue weighted by atomic mass is 9.99. The highest BCUT2D eigenvalue weighted by Gasteiger charge is 2.38. The molecule has 2 aliphatic rings. The molecule has 31 heavy (non-hydrogen) atoms. The summed E-state index contributed by atoms with van der Waals surface area (Å²) < 4.78 is 5.25. The van der Waals surface area contributed by atoms with Crippen LogP contribution in [-0.2, 0) is 25.5 Å². The zero-order valence-corrected chi connectivity index (χ0v) is 17.3. The summed E-state index contributed by atoms with van der Waals surface area (Å²) >= 11 is 0. The maximum absolute atomic E-state index is 12.5. The molecule has 2 atom stereocenters. The van der Waals surface area contributed by atoms with Crippen LogP contribution in [0.4, 0.5) is 5.69 Å². The molecule has 1 saturated heterocycles. The van der Waals surface area contributed by atoms with Gasteiger partial charge in [0.25, 0.3) is 0 Å². The number of carbonyl (C=O) groups is 4. The lowest BCUT2D eigenvalue weighted by molar-refractivity contribution is -0.147. The van der Waals surface area contributed by atoms with E-state index in [4.69, 9.17) is 4.74 Å². The van der Waals surface area contributed by atoms with Gasteiger partial charge in [0.1, 0.15) is 0 Å². The molecule has 2 aromatic carbocycles. The average molecular weight is 420 g/mol. The number of likely N-dealkylation sites (tertiary alicyclic amines) is 1. The Balaban J connectivity index is 1.33. The number of benzene rings is 2. The number of aryl methyl sites for hydroxylation is 1. The Morgan fingerprint density at radius 1 is 1.13 bits per heavy atom. The molecule has 2 amide bonds. The van der Waals surface area contributed by atoms with Crippen molar-refractivity contribution in [3.63, 3.8) is 0 Å². The van der Waals surface area contributed by atoms with Crippen LogP contribution in [0.15, 0.2) is 48.5 Å². The van der Waals surface area contributed by atoms with Crippen molar-refractivity contribution in [1.82, 2.24) is 4.90 Å². The molecular formula is C24H24N2O5. The second-order valence-electron chi connectivity index (χ2n) is 7.98. The predicted molar refractivity (Wildman–Crippen MR) is 113 cm³/mol. The monoisotopic (exact) mass is 420 g/mol. The maximum Gasteiger partial charge on any atom is 0.311 e. The first kappa shape index (κ1) is 20.8. The largest absolute Gasteiger partial charge is 0.457 e. The summed E-state index contributed by atoms with van der Waals surface area (Å²) in [7, 11) is 0. The van der Waals surface area contributed by atoms with Crippen LogP contribution in [-0.4, -0.2) is 41.6 Å². The summed E-state index contributed by atoms with van der Waals surface area (Å²) in [6.45, 7) is 1.84. The molecule has 0 aliphatic carbocycles. The first-order chi connectivity index (χ1) is 14.9. The molecule has 0 bridgehead atoms. The van der Waals surface area contributed by atoms with Crippen molar-refractivity contribution in [2.24, 2.45) is 5.92 Å². The van der Waals surface area contributed by atoms with Crippen molar-refractivity contribution < 1.29 is 23.9 Å². The highest BCUT2D eigenvalue weighted by Crippen LogP contribution is 2.29. The van der Waals surface area contributed by atoms with Gasteiger partial charge in [-0.15, -0.1) is 0 Å². The minimum atomic E-state index is -0.579. The van der Waals surface area contributed by atoms with Gasteiger partial charge in [-0.2, -0.15) is 0 Å². The molecule has 4 rings (SSSR count). The Bertz CT molecular complexity index is 1030. The number of carbonyl (C=O) groups excluding carboxylic acids is 4. The molecular weight excluding hydrogens is 396 g/mol. The highest BCUT2D eigenvalue weighted by molar-refractivity contribution is 6.00. The van der Waals surface area contributed by atoms with Gasteiger partial charge in [0.2, 0.25) is 11.8 Å². The fourth-order valence-corrected chi connectivity index (χ4v) is 4.07. The van der Waals surface area contributed by atoms with E-state index in [1.54, 1.807) is 23.1 Å². The quantitative estimate of drug-likeness (QED) is 0.573. The van der Waals surface area contributed by atoms with Gasteiger partial charge in [-0.3, -0.25) is 19.2 Å². The van der Waals surface area contributed by atoms with Crippen molar-refractivity contribution in [2.75, 3.05) is 18.5 Å². The number of anilines is 1. The fraction of sp³-hybridized carbons (Fsp3) is 0.333. The molecule has 0 saturated carbocycles. The third kappa shape index (κ3) is 4.50. The second-order valence-corrected chi connectivity index (χ2v) is 7.98. The number of ketones is 1. The third-order valence-electron chi connectivity index (χ3n) is 5.91. The average Bonchev–Trinajstić information content (AvgIpc) is 3.18. The van der Waals surface area contributed by atoms with Crippen LogP contribution in [0.5, 0.6) is 0 Å². The Morgan fingerprint density at radius 3 is 2.68 bits per heavy atom. The zero-order valence-electron chi connectivity index (χ0n) is 17.3. The molecule has 2 heterocycles. The van der Waals surface area contributed by atoms with Gasteiger partial charge in [0, 0.05) is 30.6 Å². The third-order valence-corrected chi connectivity index (χ3v) is 5.91. The Hall–Kier alpha value is -3.48. The first-order valence-electron chi connectivity index (χ1n) is 10.4. The molecule has 0 unspecified atom stereocenters. The summed E-state index contributed by atoms with van der Waals surface area (Å²) in [5.41, 5.74) is 3.04. The minimum Gasteiger partial charge on any atom is -0.457 e. The first-order valence-corrected chi connectivity index (χ1v) is 10.4. The number of rotatable bonds is 6. The molecule has 1 N–H and O–H groups in total. The molecule has 0 spiro atoms. The lowest BCUT2D eigenvalue weighted by Gasteiger charge is -2.25. The normalized spacial score (nSPS) is 18.9. The molecule has 7 heteroatoms. The number of Topliss-reactive ketones (excluding diaryl/α,β-unsaturated/α-hetero) is 1. The number of nitrogens with zero attached hydrogens (tertiary/aromatic N) is 1. The van der Waals surface area contributed by atoms with E-state index in [-0.39, 0.29) is 43.2 Å². The number of esters is 1. The van der Waals surface area contributed by atoms with Crippen LogP contribution >= 0.6 is 0 Å². The Kier molecular flexibility index (Phi) is 5.84. The van der Waals surface area contributed by atoms with E-state index >= 15 is 0 Å².